The maximum absolute atomic E-state index is 12.2. The van der Waals surface area contributed by atoms with E-state index in [1.54, 1.807) is 4.90 Å². The Hall–Kier alpha value is -1.64. The third-order valence-electron chi connectivity index (χ3n) is 3.55. The first-order valence-electron chi connectivity index (χ1n) is 5.91. The molecule has 1 atom stereocenters. The maximum Gasteiger partial charge on any atom is 0.242 e. The summed E-state index contributed by atoms with van der Waals surface area (Å²) in [7, 11) is 0. The molecule has 1 aromatic rings. The molecule has 0 saturated heterocycles. The van der Waals surface area contributed by atoms with Crippen LogP contribution in [0.4, 0.5) is 5.69 Å². The van der Waals surface area contributed by atoms with Crippen molar-refractivity contribution in [3.8, 4) is 0 Å². The second-order valence-electron chi connectivity index (χ2n) is 4.57. The zero-order chi connectivity index (χ0) is 12.7. The van der Waals surface area contributed by atoms with Crippen LogP contribution in [-0.2, 0) is 9.59 Å². The first-order chi connectivity index (χ1) is 7.99. The summed E-state index contributed by atoms with van der Waals surface area (Å²) >= 11 is 0. The van der Waals surface area contributed by atoms with E-state index in [2.05, 4.69) is 0 Å². The first-order valence-corrected chi connectivity index (χ1v) is 5.91. The molecule has 90 valence electrons. The summed E-state index contributed by atoms with van der Waals surface area (Å²) in [6.07, 6.45) is 0. The Balaban J connectivity index is 2.69. The van der Waals surface area contributed by atoms with Gasteiger partial charge in [0.25, 0.3) is 0 Å². The van der Waals surface area contributed by atoms with Crippen LogP contribution >= 0.6 is 0 Å². The van der Waals surface area contributed by atoms with E-state index in [1.165, 1.54) is 6.92 Å². The van der Waals surface area contributed by atoms with E-state index >= 15 is 0 Å². The van der Waals surface area contributed by atoms with Crippen LogP contribution in [0.3, 0.4) is 0 Å². The van der Waals surface area contributed by atoms with Gasteiger partial charge in [-0.15, -0.1) is 0 Å². The molecule has 0 aliphatic carbocycles. The lowest BCUT2D eigenvalue weighted by Gasteiger charge is -2.18. The number of ketones is 1. The summed E-state index contributed by atoms with van der Waals surface area (Å²) in [5, 5.41) is 0. The molecule has 1 aliphatic rings. The van der Waals surface area contributed by atoms with Crippen LogP contribution in [0.1, 0.15) is 36.5 Å². The maximum atomic E-state index is 12.2. The Morgan fingerprint density at radius 1 is 1.35 bits per heavy atom. The Labute approximate surface area is 101 Å². The highest BCUT2D eigenvalue weighted by molar-refractivity contribution is 6.17. The molecular weight excluding hydrogens is 214 g/mol. The molecule has 0 bridgehead atoms. The van der Waals surface area contributed by atoms with Crippen LogP contribution < -0.4 is 4.90 Å². The molecule has 3 nitrogen and oxygen atoms in total. The molecule has 1 heterocycles. The number of hydrogen-bond donors (Lipinski definition) is 0. The van der Waals surface area contributed by atoms with Crippen LogP contribution in [0.2, 0.25) is 0 Å². The summed E-state index contributed by atoms with van der Waals surface area (Å²) in [4.78, 5) is 25.6. The van der Waals surface area contributed by atoms with E-state index in [0.29, 0.717) is 6.54 Å². The van der Waals surface area contributed by atoms with Crippen LogP contribution in [0.5, 0.6) is 0 Å². The fraction of sp³-hybridized carbons (Fsp3) is 0.429. The van der Waals surface area contributed by atoms with Gasteiger partial charge in [-0.2, -0.15) is 0 Å². The van der Waals surface area contributed by atoms with Gasteiger partial charge in [0.05, 0.1) is 5.69 Å². The van der Waals surface area contributed by atoms with Crippen molar-refractivity contribution >= 4 is 17.4 Å². The number of likely N-dealkylation sites (N-methyl/N-ethyl adjacent to an activating group) is 1. The minimum absolute atomic E-state index is 0.0737. The molecule has 1 amide bonds. The van der Waals surface area contributed by atoms with Gasteiger partial charge in [-0.25, -0.2) is 0 Å². The SMILES string of the molecule is CCN1C(=O)C(C(C)=O)c2ccc(C)c(C)c21. The standard InChI is InChI=1S/C14H17NO2/c1-5-15-13-9(3)8(2)6-7-11(13)12(10(4)16)14(15)17/h6-7,12H,5H2,1-4H3. The van der Waals surface area contributed by atoms with Crippen molar-refractivity contribution in [2.75, 3.05) is 11.4 Å². The monoisotopic (exact) mass is 231 g/mol. The average Bonchev–Trinajstić information content (AvgIpc) is 2.56. The number of carbonyl (C=O) groups excluding carboxylic acids is 2. The van der Waals surface area contributed by atoms with Gasteiger partial charge in [0.15, 0.2) is 0 Å². The molecule has 0 spiro atoms. The molecule has 0 radical (unpaired) electrons. The van der Waals surface area contributed by atoms with Gasteiger partial charge in [0.1, 0.15) is 11.7 Å². The van der Waals surface area contributed by atoms with Crippen LogP contribution in [0, 0.1) is 13.8 Å². The van der Waals surface area contributed by atoms with E-state index in [9.17, 15) is 9.59 Å². The van der Waals surface area contributed by atoms with Crippen LogP contribution in [0.25, 0.3) is 0 Å². The fourth-order valence-corrected chi connectivity index (χ4v) is 2.52. The van der Waals surface area contributed by atoms with Crippen LogP contribution in [0.15, 0.2) is 12.1 Å². The minimum Gasteiger partial charge on any atom is -0.311 e. The third kappa shape index (κ3) is 1.57. The summed E-state index contributed by atoms with van der Waals surface area (Å²) < 4.78 is 0. The van der Waals surface area contributed by atoms with Gasteiger partial charge in [0.2, 0.25) is 5.91 Å². The highest BCUT2D eigenvalue weighted by Gasteiger charge is 2.40. The Morgan fingerprint density at radius 2 is 2.00 bits per heavy atom. The van der Waals surface area contributed by atoms with Crippen molar-refractivity contribution in [3.05, 3.63) is 28.8 Å². The summed E-state index contributed by atoms with van der Waals surface area (Å²) in [5.74, 6) is -0.747. The number of amides is 1. The molecule has 0 N–H and O–H groups in total. The van der Waals surface area contributed by atoms with Gasteiger partial charge < -0.3 is 4.90 Å². The summed E-state index contributed by atoms with van der Waals surface area (Å²) in [5.41, 5.74) is 4.06. The van der Waals surface area contributed by atoms with Crippen molar-refractivity contribution in [2.24, 2.45) is 0 Å². The number of benzene rings is 1. The van der Waals surface area contributed by atoms with Gasteiger partial charge >= 0.3 is 0 Å². The zero-order valence-electron chi connectivity index (χ0n) is 10.7. The molecule has 2 rings (SSSR count). The molecule has 3 heteroatoms. The lowest BCUT2D eigenvalue weighted by atomic mass is 9.94. The number of Topliss-reactive ketones (excluding diaryl/α,β-unsaturated/α-hetero) is 1. The first kappa shape index (κ1) is 11.8. The lowest BCUT2D eigenvalue weighted by Crippen LogP contribution is -2.30. The second-order valence-corrected chi connectivity index (χ2v) is 4.57. The normalized spacial score (nSPS) is 18.5. The van der Waals surface area contributed by atoms with Crippen molar-refractivity contribution in [1.29, 1.82) is 0 Å². The van der Waals surface area contributed by atoms with Gasteiger partial charge in [-0.1, -0.05) is 12.1 Å². The Bertz CT molecular complexity index is 505. The summed E-state index contributed by atoms with van der Waals surface area (Å²) in [6.45, 7) is 8.06. The minimum atomic E-state index is -0.593. The number of fused-ring (bicyclic) bond motifs is 1. The number of carbonyl (C=O) groups is 2. The van der Waals surface area contributed by atoms with E-state index in [0.717, 1.165) is 22.4 Å². The number of nitrogens with zero attached hydrogens (tertiary/aromatic N) is 1. The second kappa shape index (κ2) is 3.99. The number of rotatable bonds is 2. The number of hydrogen-bond acceptors (Lipinski definition) is 2. The van der Waals surface area contributed by atoms with Gasteiger partial charge in [-0.3, -0.25) is 9.59 Å². The lowest BCUT2D eigenvalue weighted by molar-refractivity contribution is -0.127. The smallest absolute Gasteiger partial charge is 0.242 e. The third-order valence-corrected chi connectivity index (χ3v) is 3.55. The van der Waals surface area contributed by atoms with Crippen molar-refractivity contribution in [1.82, 2.24) is 0 Å². The van der Waals surface area contributed by atoms with E-state index in [4.69, 9.17) is 0 Å². The number of anilines is 1. The highest BCUT2D eigenvalue weighted by Crippen LogP contribution is 2.40. The average molecular weight is 231 g/mol. The largest absolute Gasteiger partial charge is 0.311 e. The van der Waals surface area contributed by atoms with E-state index in [1.807, 2.05) is 32.9 Å². The topological polar surface area (TPSA) is 37.4 Å². The fourth-order valence-electron chi connectivity index (χ4n) is 2.52. The quantitative estimate of drug-likeness (QED) is 0.733. The zero-order valence-corrected chi connectivity index (χ0v) is 10.7. The molecule has 17 heavy (non-hydrogen) atoms. The predicted octanol–water partition coefficient (Wildman–Crippen LogP) is 2.34. The molecule has 1 aliphatic heterocycles. The highest BCUT2D eigenvalue weighted by atomic mass is 16.2. The van der Waals surface area contributed by atoms with E-state index in [-0.39, 0.29) is 11.7 Å². The molecule has 0 fully saturated rings. The molecular formula is C14H17NO2. The molecule has 1 unspecified atom stereocenters. The van der Waals surface area contributed by atoms with Crippen LogP contribution in [-0.4, -0.2) is 18.2 Å². The Kier molecular flexibility index (Phi) is 2.77. The number of aryl methyl sites for hydroxylation is 1. The van der Waals surface area contributed by atoms with Crippen molar-refractivity contribution in [3.63, 3.8) is 0 Å². The summed E-state index contributed by atoms with van der Waals surface area (Å²) in [6, 6.07) is 3.90. The molecule has 1 aromatic carbocycles. The van der Waals surface area contributed by atoms with E-state index < -0.39 is 5.92 Å². The molecule has 0 aromatic heterocycles. The van der Waals surface area contributed by atoms with Crippen molar-refractivity contribution in [2.45, 2.75) is 33.6 Å². The van der Waals surface area contributed by atoms with Crippen molar-refractivity contribution < 1.29 is 9.59 Å². The van der Waals surface area contributed by atoms with Gasteiger partial charge in [0, 0.05) is 6.54 Å². The predicted molar refractivity (Wildman–Crippen MR) is 67.4 cm³/mol. The van der Waals surface area contributed by atoms with Gasteiger partial charge in [-0.05, 0) is 44.4 Å². The molecule has 0 saturated carbocycles. The Morgan fingerprint density at radius 3 is 2.53 bits per heavy atom.